The van der Waals surface area contributed by atoms with E-state index < -0.39 is 35.4 Å². The van der Waals surface area contributed by atoms with Gasteiger partial charge in [0, 0.05) is 12.1 Å². The van der Waals surface area contributed by atoms with Crippen LogP contribution < -0.4 is 5.32 Å². The Hall–Kier alpha value is -2.68. The van der Waals surface area contributed by atoms with E-state index in [0.29, 0.717) is 6.42 Å². The Bertz CT molecular complexity index is 706. The second-order valence-electron chi connectivity index (χ2n) is 5.77. The number of benzene rings is 1. The summed E-state index contributed by atoms with van der Waals surface area (Å²) in [6.45, 7) is 3.06. The third-order valence-electron chi connectivity index (χ3n) is 3.24. The maximum absolute atomic E-state index is 12.0. The molecule has 0 saturated heterocycles. The average Bonchev–Trinajstić information content (AvgIpc) is 2.58. The summed E-state index contributed by atoms with van der Waals surface area (Å²) in [6, 6.07) is 2.41. The van der Waals surface area contributed by atoms with Crippen LogP contribution in [0.2, 0.25) is 5.02 Å². The highest BCUT2D eigenvalue weighted by Crippen LogP contribution is 2.22. The van der Waals surface area contributed by atoms with Crippen molar-refractivity contribution in [3.05, 3.63) is 38.9 Å². The largest absolute Gasteiger partial charge is 0.467 e. The molecule has 10 heteroatoms. The fraction of sp³-hybridized carbons (Fsp3) is 0.438. The minimum Gasteiger partial charge on any atom is -0.467 e. The smallest absolute Gasteiger partial charge is 0.340 e. The molecule has 1 rings (SSSR count). The number of non-ortho nitro benzene ring substituents is 1. The molecule has 0 aromatic heterocycles. The van der Waals surface area contributed by atoms with Crippen LogP contribution in [0, 0.1) is 16.0 Å². The first-order chi connectivity index (χ1) is 12.1. The summed E-state index contributed by atoms with van der Waals surface area (Å²) in [5.41, 5.74) is -0.575. The van der Waals surface area contributed by atoms with Crippen molar-refractivity contribution in [1.29, 1.82) is 0 Å². The number of hydrogen-bond donors (Lipinski definition) is 1. The van der Waals surface area contributed by atoms with Gasteiger partial charge in [0.2, 0.25) is 0 Å². The van der Waals surface area contributed by atoms with Gasteiger partial charge in [0.1, 0.15) is 6.04 Å². The van der Waals surface area contributed by atoms with Gasteiger partial charge in [-0.15, -0.1) is 0 Å². The molecule has 1 aromatic rings. The minimum atomic E-state index is -0.993. The molecule has 0 bridgehead atoms. The van der Waals surface area contributed by atoms with Gasteiger partial charge < -0.3 is 14.8 Å². The second kappa shape index (κ2) is 9.71. The lowest BCUT2D eigenvalue weighted by atomic mass is 10.0. The van der Waals surface area contributed by atoms with Gasteiger partial charge >= 0.3 is 11.9 Å². The molecule has 1 N–H and O–H groups in total. The van der Waals surface area contributed by atoms with Crippen molar-refractivity contribution >= 4 is 35.1 Å². The van der Waals surface area contributed by atoms with Crippen molar-refractivity contribution in [2.24, 2.45) is 5.92 Å². The van der Waals surface area contributed by atoms with E-state index in [0.717, 1.165) is 12.1 Å². The van der Waals surface area contributed by atoms with E-state index in [4.69, 9.17) is 16.3 Å². The summed E-state index contributed by atoms with van der Waals surface area (Å²) in [6.07, 6.45) is 0.350. The topological polar surface area (TPSA) is 125 Å². The van der Waals surface area contributed by atoms with Gasteiger partial charge in [-0.25, -0.2) is 9.59 Å². The first-order valence-corrected chi connectivity index (χ1v) is 8.01. The lowest BCUT2D eigenvalue weighted by Gasteiger charge is -2.18. The minimum absolute atomic E-state index is 0.0479. The number of esters is 2. The molecule has 1 atom stereocenters. The number of amides is 1. The number of nitrogens with zero attached hydrogens (tertiary/aromatic N) is 1. The predicted molar refractivity (Wildman–Crippen MR) is 91.8 cm³/mol. The van der Waals surface area contributed by atoms with Crippen molar-refractivity contribution < 1.29 is 28.8 Å². The molecular weight excluding hydrogens is 368 g/mol. The Morgan fingerprint density at radius 1 is 1.31 bits per heavy atom. The molecule has 0 aliphatic carbocycles. The molecule has 0 saturated carbocycles. The number of nitro groups is 1. The van der Waals surface area contributed by atoms with Crippen molar-refractivity contribution in [3.8, 4) is 0 Å². The summed E-state index contributed by atoms with van der Waals surface area (Å²) in [4.78, 5) is 45.6. The van der Waals surface area contributed by atoms with Crippen LogP contribution in [0.25, 0.3) is 0 Å². The predicted octanol–water partition coefficient (Wildman–Crippen LogP) is 2.11. The SMILES string of the molecule is COC(=O)[C@@H](CC(C)C)NC(=O)COC(=O)c1cc([N+](=O)[O-])ccc1Cl. The number of carbonyl (C=O) groups is 3. The fourth-order valence-electron chi connectivity index (χ4n) is 2.06. The standard InChI is InChI=1S/C16H19ClN2O7/c1-9(2)6-13(16(22)25-3)18-14(20)8-26-15(21)11-7-10(19(23)24)4-5-12(11)17/h4-5,7,9,13H,6,8H2,1-3H3,(H,18,20)/t13-/m1/s1. The van der Waals surface area contributed by atoms with E-state index >= 15 is 0 Å². The molecule has 0 heterocycles. The van der Waals surface area contributed by atoms with Crippen molar-refractivity contribution in [2.45, 2.75) is 26.3 Å². The van der Waals surface area contributed by atoms with E-state index in [1.54, 1.807) is 0 Å². The monoisotopic (exact) mass is 386 g/mol. The Balaban J connectivity index is 2.71. The van der Waals surface area contributed by atoms with E-state index in [1.165, 1.54) is 13.2 Å². The van der Waals surface area contributed by atoms with Crippen LogP contribution in [0.4, 0.5) is 5.69 Å². The molecule has 9 nitrogen and oxygen atoms in total. The number of carbonyl (C=O) groups excluding carboxylic acids is 3. The number of hydrogen-bond acceptors (Lipinski definition) is 7. The summed E-state index contributed by atoms with van der Waals surface area (Å²) >= 11 is 5.83. The highest BCUT2D eigenvalue weighted by Gasteiger charge is 2.24. The number of nitrogens with one attached hydrogen (secondary N) is 1. The van der Waals surface area contributed by atoms with Crippen LogP contribution in [-0.4, -0.2) is 42.5 Å². The van der Waals surface area contributed by atoms with E-state index in [2.05, 4.69) is 10.1 Å². The molecule has 0 fully saturated rings. The zero-order valence-corrected chi connectivity index (χ0v) is 15.2. The zero-order chi connectivity index (χ0) is 19.9. The van der Waals surface area contributed by atoms with Crippen LogP contribution in [0.3, 0.4) is 0 Å². The number of halogens is 1. The van der Waals surface area contributed by atoms with Gasteiger partial charge in [0.15, 0.2) is 6.61 Å². The first kappa shape index (κ1) is 21.4. The highest BCUT2D eigenvalue weighted by atomic mass is 35.5. The van der Waals surface area contributed by atoms with Crippen LogP contribution in [-0.2, 0) is 19.1 Å². The maximum Gasteiger partial charge on any atom is 0.340 e. The van der Waals surface area contributed by atoms with Crippen LogP contribution in [0.1, 0.15) is 30.6 Å². The van der Waals surface area contributed by atoms with Crippen molar-refractivity contribution in [2.75, 3.05) is 13.7 Å². The number of methoxy groups -OCH3 is 1. The van der Waals surface area contributed by atoms with Gasteiger partial charge in [0.25, 0.3) is 11.6 Å². The van der Waals surface area contributed by atoms with Crippen LogP contribution in [0.5, 0.6) is 0 Å². The Morgan fingerprint density at radius 3 is 2.50 bits per heavy atom. The molecular formula is C16H19ClN2O7. The number of ether oxygens (including phenoxy) is 2. The third kappa shape index (κ3) is 6.32. The Kier molecular flexibility index (Phi) is 7.98. The van der Waals surface area contributed by atoms with Gasteiger partial charge in [-0.1, -0.05) is 25.4 Å². The highest BCUT2D eigenvalue weighted by molar-refractivity contribution is 6.33. The third-order valence-corrected chi connectivity index (χ3v) is 3.57. The number of nitro benzene ring substituents is 1. The molecule has 1 amide bonds. The summed E-state index contributed by atoms with van der Waals surface area (Å²) in [5.74, 6) is -2.20. The second-order valence-corrected chi connectivity index (χ2v) is 6.18. The Labute approximate surface area is 154 Å². The van der Waals surface area contributed by atoms with Crippen LogP contribution in [0.15, 0.2) is 18.2 Å². The Morgan fingerprint density at radius 2 is 1.96 bits per heavy atom. The molecule has 142 valence electrons. The molecule has 0 unspecified atom stereocenters. The summed E-state index contributed by atoms with van der Waals surface area (Å²) in [7, 11) is 1.20. The van der Waals surface area contributed by atoms with Crippen molar-refractivity contribution in [3.63, 3.8) is 0 Å². The first-order valence-electron chi connectivity index (χ1n) is 7.64. The molecule has 26 heavy (non-hydrogen) atoms. The van der Waals surface area contributed by atoms with E-state index in [1.807, 2.05) is 13.8 Å². The van der Waals surface area contributed by atoms with Gasteiger partial charge in [0.05, 0.1) is 22.6 Å². The average molecular weight is 387 g/mol. The molecule has 0 radical (unpaired) electrons. The lowest BCUT2D eigenvalue weighted by Crippen LogP contribution is -2.44. The summed E-state index contributed by atoms with van der Waals surface area (Å²) in [5, 5.41) is 13.1. The molecule has 1 aromatic carbocycles. The quantitative estimate of drug-likeness (QED) is 0.412. The zero-order valence-electron chi connectivity index (χ0n) is 14.5. The van der Waals surface area contributed by atoms with Gasteiger partial charge in [-0.05, 0) is 18.4 Å². The van der Waals surface area contributed by atoms with E-state index in [9.17, 15) is 24.5 Å². The molecule has 0 aliphatic heterocycles. The maximum atomic E-state index is 12.0. The molecule has 0 spiro atoms. The number of rotatable bonds is 8. The lowest BCUT2D eigenvalue weighted by molar-refractivity contribution is -0.384. The molecule has 0 aliphatic rings. The normalized spacial score (nSPS) is 11.6. The fourth-order valence-corrected chi connectivity index (χ4v) is 2.25. The van der Waals surface area contributed by atoms with Gasteiger partial charge in [-0.3, -0.25) is 14.9 Å². The van der Waals surface area contributed by atoms with Crippen LogP contribution >= 0.6 is 11.6 Å². The van der Waals surface area contributed by atoms with Crippen molar-refractivity contribution in [1.82, 2.24) is 5.32 Å². The summed E-state index contributed by atoms with van der Waals surface area (Å²) < 4.78 is 9.43. The van der Waals surface area contributed by atoms with Gasteiger partial charge in [-0.2, -0.15) is 0 Å². The van der Waals surface area contributed by atoms with E-state index in [-0.39, 0.29) is 22.2 Å².